The lowest BCUT2D eigenvalue weighted by molar-refractivity contribution is 0.0387. The van der Waals surface area contributed by atoms with Crippen LogP contribution >= 0.6 is 0 Å². The quantitative estimate of drug-likeness (QED) is 0.857. The van der Waals surface area contributed by atoms with Crippen molar-refractivity contribution in [2.24, 2.45) is 5.92 Å². The Morgan fingerprint density at radius 2 is 2.10 bits per heavy atom. The number of hydrogen-bond donors (Lipinski definition) is 1. The number of nitrogens with one attached hydrogen (secondary N) is 1. The van der Waals surface area contributed by atoms with Crippen LogP contribution in [0, 0.1) is 5.92 Å². The molecule has 2 atom stereocenters. The largest absolute Gasteiger partial charge is 0.381 e. The van der Waals surface area contributed by atoms with Crippen LogP contribution < -0.4 is 5.32 Å². The van der Waals surface area contributed by atoms with Crippen molar-refractivity contribution in [3.8, 4) is 0 Å². The second kappa shape index (κ2) is 6.76. The lowest BCUT2D eigenvalue weighted by Gasteiger charge is -2.50. The summed E-state index contributed by atoms with van der Waals surface area (Å²) in [5.74, 6) is 0.785. The van der Waals surface area contributed by atoms with Crippen molar-refractivity contribution in [3.05, 3.63) is 0 Å². The van der Waals surface area contributed by atoms with Crippen LogP contribution in [0.1, 0.15) is 58.3 Å². The monoisotopic (exact) mass is 280 g/mol. The molecule has 2 aliphatic heterocycles. The van der Waals surface area contributed by atoms with Crippen LogP contribution in [0.2, 0.25) is 0 Å². The molecule has 3 nitrogen and oxygen atoms in total. The Kier molecular flexibility index (Phi) is 5.00. The van der Waals surface area contributed by atoms with Gasteiger partial charge in [0.15, 0.2) is 0 Å². The van der Waals surface area contributed by atoms with Crippen LogP contribution in [0.3, 0.4) is 0 Å². The van der Waals surface area contributed by atoms with Crippen LogP contribution in [0.4, 0.5) is 0 Å². The Hall–Kier alpha value is -0.120. The van der Waals surface area contributed by atoms with E-state index in [1.165, 1.54) is 71.0 Å². The first-order chi connectivity index (χ1) is 9.81. The van der Waals surface area contributed by atoms with E-state index >= 15 is 0 Å². The molecule has 1 N–H and O–H groups in total. The van der Waals surface area contributed by atoms with Crippen molar-refractivity contribution in [2.45, 2.75) is 69.9 Å². The van der Waals surface area contributed by atoms with E-state index < -0.39 is 0 Å². The van der Waals surface area contributed by atoms with E-state index in [2.05, 4.69) is 17.1 Å². The lowest BCUT2D eigenvalue weighted by atomic mass is 9.79. The van der Waals surface area contributed by atoms with Gasteiger partial charge in [-0.25, -0.2) is 0 Å². The number of hydrogen-bond acceptors (Lipinski definition) is 3. The summed E-state index contributed by atoms with van der Waals surface area (Å²) in [5.41, 5.74) is 0.446. The summed E-state index contributed by atoms with van der Waals surface area (Å²) in [6.07, 6.45) is 11.0. The van der Waals surface area contributed by atoms with Crippen LogP contribution in [0.5, 0.6) is 0 Å². The molecule has 3 fully saturated rings. The molecule has 1 saturated carbocycles. The van der Waals surface area contributed by atoms with E-state index in [-0.39, 0.29) is 0 Å². The predicted molar refractivity (Wildman–Crippen MR) is 83.0 cm³/mol. The van der Waals surface area contributed by atoms with E-state index in [1.807, 2.05) is 0 Å². The van der Waals surface area contributed by atoms with Crippen LogP contribution in [-0.2, 0) is 4.74 Å². The first kappa shape index (κ1) is 14.8. The van der Waals surface area contributed by atoms with Gasteiger partial charge in [-0.15, -0.1) is 0 Å². The minimum Gasteiger partial charge on any atom is -0.381 e. The second-order valence-corrected chi connectivity index (χ2v) is 7.32. The highest BCUT2D eigenvalue weighted by Crippen LogP contribution is 2.33. The van der Waals surface area contributed by atoms with E-state index in [4.69, 9.17) is 4.74 Å². The van der Waals surface area contributed by atoms with E-state index in [0.29, 0.717) is 5.54 Å². The third kappa shape index (κ3) is 3.37. The minimum atomic E-state index is 0.446. The maximum atomic E-state index is 5.59. The molecule has 0 aromatic rings. The predicted octanol–water partition coefficient (Wildman–Crippen LogP) is 2.80. The van der Waals surface area contributed by atoms with Gasteiger partial charge < -0.3 is 10.1 Å². The average Bonchev–Trinajstić information content (AvgIpc) is 2.96. The van der Waals surface area contributed by atoms with Crippen molar-refractivity contribution < 1.29 is 4.74 Å². The molecule has 1 aliphatic carbocycles. The molecule has 1 spiro atoms. The van der Waals surface area contributed by atoms with E-state index in [0.717, 1.165) is 25.2 Å². The molecule has 3 heteroatoms. The van der Waals surface area contributed by atoms with Gasteiger partial charge >= 0.3 is 0 Å². The number of ether oxygens (including phenoxy) is 1. The highest BCUT2D eigenvalue weighted by Gasteiger charge is 2.40. The first-order valence-electron chi connectivity index (χ1n) is 8.88. The summed E-state index contributed by atoms with van der Waals surface area (Å²) in [7, 11) is 0. The zero-order chi connectivity index (χ0) is 13.8. The van der Waals surface area contributed by atoms with Crippen LogP contribution in [0.25, 0.3) is 0 Å². The fourth-order valence-corrected chi connectivity index (χ4v) is 4.49. The molecule has 0 amide bonds. The smallest absolute Gasteiger partial charge is 0.0507 e. The normalized spacial score (nSPS) is 34.6. The Balaban J connectivity index is 1.63. The van der Waals surface area contributed by atoms with E-state index in [9.17, 15) is 0 Å². The van der Waals surface area contributed by atoms with Gasteiger partial charge in [-0.3, -0.25) is 4.90 Å². The molecular weight excluding hydrogens is 248 g/mol. The average molecular weight is 280 g/mol. The highest BCUT2D eigenvalue weighted by atomic mass is 16.5. The Labute approximate surface area is 124 Å². The van der Waals surface area contributed by atoms with Gasteiger partial charge in [0.25, 0.3) is 0 Å². The van der Waals surface area contributed by atoms with Crippen molar-refractivity contribution >= 4 is 0 Å². The Bertz CT molecular complexity index is 295. The summed E-state index contributed by atoms with van der Waals surface area (Å²) in [4.78, 5) is 2.82. The SMILES string of the molecule is CCCC1CNC2(CCCCC2)CN1CC1CCOC1. The van der Waals surface area contributed by atoms with Gasteiger partial charge in [0.1, 0.15) is 0 Å². The molecule has 0 aromatic heterocycles. The fraction of sp³-hybridized carbons (Fsp3) is 1.00. The van der Waals surface area contributed by atoms with Gasteiger partial charge in [-0.2, -0.15) is 0 Å². The third-order valence-corrected chi connectivity index (χ3v) is 5.68. The molecule has 3 rings (SSSR count). The molecular formula is C17H32N2O. The number of nitrogens with zero attached hydrogens (tertiary/aromatic N) is 1. The van der Waals surface area contributed by atoms with Crippen molar-refractivity contribution in [2.75, 3.05) is 32.8 Å². The third-order valence-electron chi connectivity index (χ3n) is 5.68. The minimum absolute atomic E-state index is 0.446. The van der Waals surface area contributed by atoms with Gasteiger partial charge in [-0.05, 0) is 31.6 Å². The molecule has 0 aromatic carbocycles. The summed E-state index contributed by atoms with van der Waals surface area (Å²) in [5, 5.41) is 3.95. The van der Waals surface area contributed by atoms with E-state index in [1.54, 1.807) is 0 Å². The summed E-state index contributed by atoms with van der Waals surface area (Å²) in [6, 6.07) is 0.758. The molecule has 0 bridgehead atoms. The molecule has 2 unspecified atom stereocenters. The number of rotatable bonds is 4. The van der Waals surface area contributed by atoms with Crippen LogP contribution in [0.15, 0.2) is 0 Å². The van der Waals surface area contributed by atoms with Gasteiger partial charge in [-0.1, -0.05) is 32.6 Å². The lowest BCUT2D eigenvalue weighted by Crippen LogP contribution is -2.65. The topological polar surface area (TPSA) is 24.5 Å². The Morgan fingerprint density at radius 1 is 1.25 bits per heavy atom. The molecule has 2 heterocycles. The zero-order valence-corrected chi connectivity index (χ0v) is 13.2. The summed E-state index contributed by atoms with van der Waals surface area (Å²) >= 11 is 0. The zero-order valence-electron chi connectivity index (χ0n) is 13.2. The second-order valence-electron chi connectivity index (χ2n) is 7.32. The van der Waals surface area contributed by atoms with Gasteiger partial charge in [0, 0.05) is 37.8 Å². The van der Waals surface area contributed by atoms with Crippen molar-refractivity contribution in [1.82, 2.24) is 10.2 Å². The standard InChI is InChI=1S/C17H32N2O/c1-2-6-16-11-18-17(8-4-3-5-9-17)14-19(16)12-15-7-10-20-13-15/h15-16,18H,2-14H2,1H3. The number of piperazine rings is 1. The van der Waals surface area contributed by atoms with Gasteiger partial charge in [0.2, 0.25) is 0 Å². The summed E-state index contributed by atoms with van der Waals surface area (Å²) < 4.78 is 5.59. The maximum absolute atomic E-state index is 5.59. The maximum Gasteiger partial charge on any atom is 0.0507 e. The molecule has 116 valence electrons. The van der Waals surface area contributed by atoms with Crippen molar-refractivity contribution in [1.29, 1.82) is 0 Å². The molecule has 0 radical (unpaired) electrons. The molecule has 20 heavy (non-hydrogen) atoms. The fourth-order valence-electron chi connectivity index (χ4n) is 4.49. The first-order valence-corrected chi connectivity index (χ1v) is 8.88. The van der Waals surface area contributed by atoms with Gasteiger partial charge in [0.05, 0.1) is 6.61 Å². The highest BCUT2D eigenvalue weighted by molar-refractivity contribution is 5.00. The Morgan fingerprint density at radius 3 is 2.80 bits per heavy atom. The molecule has 2 saturated heterocycles. The molecule has 3 aliphatic rings. The van der Waals surface area contributed by atoms with Crippen molar-refractivity contribution in [3.63, 3.8) is 0 Å². The van der Waals surface area contributed by atoms with Crippen LogP contribution in [-0.4, -0.2) is 49.3 Å². The summed E-state index contributed by atoms with van der Waals surface area (Å²) in [6.45, 7) is 8.07.